The minimum atomic E-state index is -4.24. The number of rotatable bonds is 2. The van der Waals surface area contributed by atoms with Crippen molar-refractivity contribution in [2.75, 3.05) is 13.1 Å². The summed E-state index contributed by atoms with van der Waals surface area (Å²) in [4.78, 5) is 13.2. The Balaban J connectivity index is 2.43. The van der Waals surface area contributed by atoms with Gasteiger partial charge in [-0.3, -0.25) is 4.79 Å². The molecule has 0 unspecified atom stereocenters. The number of halogens is 2. The van der Waals surface area contributed by atoms with Crippen LogP contribution in [-0.4, -0.2) is 32.3 Å². The van der Waals surface area contributed by atoms with Crippen LogP contribution in [0, 0.1) is 5.82 Å². The van der Waals surface area contributed by atoms with E-state index in [9.17, 15) is 17.6 Å². The van der Waals surface area contributed by atoms with Crippen LogP contribution in [0.5, 0.6) is 0 Å². The van der Waals surface area contributed by atoms with E-state index in [-0.39, 0.29) is 10.6 Å². The van der Waals surface area contributed by atoms with Crippen molar-refractivity contribution in [1.82, 2.24) is 4.90 Å². The highest BCUT2D eigenvalue weighted by Crippen LogP contribution is 2.25. The molecule has 0 bridgehead atoms. The maximum atomic E-state index is 13.6. The molecule has 20 heavy (non-hydrogen) atoms. The second-order valence-electron chi connectivity index (χ2n) is 4.66. The molecular formula is C12H14ClFN2O3S. The summed E-state index contributed by atoms with van der Waals surface area (Å²) in [5, 5.41) is 4.80. The minimum absolute atomic E-state index is 0.0426. The number of sulfonamides is 1. The number of hydrogen-bond donors (Lipinski definition) is 1. The number of amides is 1. The van der Waals surface area contributed by atoms with Crippen LogP contribution in [0.25, 0.3) is 0 Å². The molecule has 0 atom stereocenters. The lowest BCUT2D eigenvalue weighted by Crippen LogP contribution is -2.36. The van der Waals surface area contributed by atoms with Gasteiger partial charge in [-0.05, 0) is 31.4 Å². The number of carbonyl (C=O) groups is 1. The fraction of sp³-hybridized carbons (Fsp3) is 0.417. The number of nitrogens with zero attached hydrogens (tertiary/aromatic N) is 1. The van der Waals surface area contributed by atoms with Crippen molar-refractivity contribution in [3.8, 4) is 0 Å². The maximum Gasteiger partial charge on any atom is 0.255 e. The van der Waals surface area contributed by atoms with Gasteiger partial charge in [0.1, 0.15) is 10.7 Å². The van der Waals surface area contributed by atoms with E-state index in [2.05, 4.69) is 0 Å². The Morgan fingerprint density at radius 1 is 1.25 bits per heavy atom. The fourth-order valence-electron chi connectivity index (χ4n) is 2.18. The molecule has 1 aliphatic heterocycles. The van der Waals surface area contributed by atoms with E-state index < -0.39 is 26.6 Å². The molecule has 8 heteroatoms. The third kappa shape index (κ3) is 3.11. The van der Waals surface area contributed by atoms with E-state index in [4.69, 9.17) is 16.7 Å². The van der Waals surface area contributed by atoms with Crippen LogP contribution >= 0.6 is 11.6 Å². The molecule has 0 aliphatic carbocycles. The van der Waals surface area contributed by atoms with Gasteiger partial charge in [0.25, 0.3) is 5.91 Å². The minimum Gasteiger partial charge on any atom is -0.339 e. The Kier molecular flexibility index (Phi) is 4.31. The average molecular weight is 321 g/mol. The summed E-state index contributed by atoms with van der Waals surface area (Å²) in [6.45, 7) is 1.16. The lowest BCUT2D eigenvalue weighted by molar-refractivity contribution is 0.0724. The van der Waals surface area contributed by atoms with E-state index in [0.717, 1.165) is 31.4 Å². The van der Waals surface area contributed by atoms with E-state index in [1.165, 1.54) is 0 Å². The second-order valence-corrected chi connectivity index (χ2v) is 6.60. The number of benzene rings is 1. The van der Waals surface area contributed by atoms with Gasteiger partial charge in [0.05, 0.1) is 10.6 Å². The Bertz CT molecular complexity index is 642. The zero-order valence-corrected chi connectivity index (χ0v) is 12.2. The molecule has 110 valence electrons. The lowest BCUT2D eigenvalue weighted by atomic mass is 10.1. The van der Waals surface area contributed by atoms with E-state index >= 15 is 0 Å². The summed E-state index contributed by atoms with van der Waals surface area (Å²) < 4.78 is 36.1. The molecule has 2 rings (SSSR count). The number of piperidine rings is 1. The summed E-state index contributed by atoms with van der Waals surface area (Å²) in [5.74, 6) is -1.47. The summed E-state index contributed by atoms with van der Waals surface area (Å²) >= 11 is 5.84. The van der Waals surface area contributed by atoms with E-state index in [1.807, 2.05) is 0 Å². The highest BCUT2D eigenvalue weighted by Gasteiger charge is 2.24. The van der Waals surface area contributed by atoms with Crippen molar-refractivity contribution in [2.45, 2.75) is 24.2 Å². The first-order valence-corrected chi connectivity index (χ1v) is 8.04. The molecular weight excluding hydrogens is 307 g/mol. The quantitative estimate of drug-likeness (QED) is 0.901. The molecule has 5 nitrogen and oxygen atoms in total. The monoisotopic (exact) mass is 320 g/mol. The Labute approximate surface area is 121 Å². The number of likely N-dealkylation sites (tertiary alicyclic amines) is 1. The second kappa shape index (κ2) is 5.67. The zero-order chi connectivity index (χ0) is 14.9. The third-order valence-corrected chi connectivity index (χ3v) is 4.44. The summed E-state index contributed by atoms with van der Waals surface area (Å²) in [6.07, 6.45) is 2.81. The molecule has 1 heterocycles. The SMILES string of the molecule is NS(=O)(=O)c1cc(C(=O)N2CCCCC2)c(Cl)cc1F. The molecule has 1 amide bonds. The highest BCUT2D eigenvalue weighted by atomic mass is 35.5. The highest BCUT2D eigenvalue weighted by molar-refractivity contribution is 7.89. The summed E-state index contributed by atoms with van der Waals surface area (Å²) in [5.41, 5.74) is -0.0426. The van der Waals surface area contributed by atoms with Gasteiger partial charge in [0.2, 0.25) is 10.0 Å². The van der Waals surface area contributed by atoms with Crippen molar-refractivity contribution in [3.63, 3.8) is 0 Å². The van der Waals surface area contributed by atoms with Crippen molar-refractivity contribution in [2.24, 2.45) is 5.14 Å². The molecule has 0 spiro atoms. The average Bonchev–Trinajstić information content (AvgIpc) is 2.37. The number of nitrogens with two attached hydrogens (primary N) is 1. The van der Waals surface area contributed by atoms with Crippen molar-refractivity contribution >= 4 is 27.5 Å². The molecule has 1 saturated heterocycles. The first kappa shape index (κ1) is 15.2. The molecule has 1 fully saturated rings. The number of carbonyl (C=O) groups excluding carboxylic acids is 1. The molecule has 1 aromatic rings. The predicted molar refractivity (Wildman–Crippen MR) is 72.5 cm³/mol. The molecule has 1 aliphatic rings. The maximum absolute atomic E-state index is 13.6. The molecule has 0 radical (unpaired) electrons. The van der Waals surface area contributed by atoms with Crippen LogP contribution in [0.2, 0.25) is 5.02 Å². The summed E-state index contributed by atoms with van der Waals surface area (Å²) in [7, 11) is -4.24. The zero-order valence-electron chi connectivity index (χ0n) is 10.6. The first-order valence-electron chi connectivity index (χ1n) is 6.12. The largest absolute Gasteiger partial charge is 0.339 e. The Morgan fingerprint density at radius 3 is 2.40 bits per heavy atom. The first-order chi connectivity index (χ1) is 9.30. The third-order valence-electron chi connectivity index (χ3n) is 3.20. The van der Waals surface area contributed by atoms with Gasteiger partial charge in [-0.2, -0.15) is 0 Å². The van der Waals surface area contributed by atoms with Gasteiger partial charge in [0.15, 0.2) is 0 Å². The Morgan fingerprint density at radius 2 is 1.85 bits per heavy atom. The normalized spacial score (nSPS) is 16.2. The van der Waals surface area contributed by atoms with Crippen molar-refractivity contribution < 1.29 is 17.6 Å². The van der Waals surface area contributed by atoms with Gasteiger partial charge in [-0.15, -0.1) is 0 Å². The van der Waals surface area contributed by atoms with Crippen LogP contribution in [0.1, 0.15) is 29.6 Å². The fourth-order valence-corrected chi connectivity index (χ4v) is 3.02. The lowest BCUT2D eigenvalue weighted by Gasteiger charge is -2.27. The van der Waals surface area contributed by atoms with Gasteiger partial charge < -0.3 is 4.90 Å². The van der Waals surface area contributed by atoms with Crippen molar-refractivity contribution in [1.29, 1.82) is 0 Å². The van der Waals surface area contributed by atoms with E-state index in [0.29, 0.717) is 13.1 Å². The molecule has 1 aromatic carbocycles. The van der Waals surface area contributed by atoms with Crippen LogP contribution in [0.4, 0.5) is 4.39 Å². The van der Waals surface area contributed by atoms with Crippen molar-refractivity contribution in [3.05, 3.63) is 28.5 Å². The van der Waals surface area contributed by atoms with Gasteiger partial charge in [-0.25, -0.2) is 17.9 Å². The molecule has 2 N–H and O–H groups in total. The molecule has 0 aromatic heterocycles. The summed E-state index contributed by atoms with van der Waals surface area (Å²) in [6, 6.07) is 1.71. The van der Waals surface area contributed by atoms with Crippen LogP contribution in [-0.2, 0) is 10.0 Å². The number of hydrogen-bond acceptors (Lipinski definition) is 3. The topological polar surface area (TPSA) is 80.5 Å². The Hall–Kier alpha value is -1.18. The van der Waals surface area contributed by atoms with Crippen LogP contribution < -0.4 is 5.14 Å². The van der Waals surface area contributed by atoms with Crippen LogP contribution in [0.3, 0.4) is 0 Å². The smallest absolute Gasteiger partial charge is 0.255 e. The standard InChI is InChI=1S/C12H14ClFN2O3S/c13-9-7-10(14)11(20(15,18)19)6-8(9)12(17)16-4-2-1-3-5-16/h6-7H,1-5H2,(H2,15,18,19). The van der Waals surface area contributed by atoms with E-state index in [1.54, 1.807) is 4.90 Å². The number of primary sulfonamides is 1. The van der Waals surface area contributed by atoms with Crippen LogP contribution in [0.15, 0.2) is 17.0 Å². The predicted octanol–water partition coefficient (Wildman–Crippen LogP) is 1.75. The van der Waals surface area contributed by atoms with Gasteiger partial charge >= 0.3 is 0 Å². The van der Waals surface area contributed by atoms with Gasteiger partial charge in [-0.1, -0.05) is 11.6 Å². The molecule has 0 saturated carbocycles. The van der Waals surface area contributed by atoms with Gasteiger partial charge in [0, 0.05) is 13.1 Å².